The average molecular weight is 330 g/mol. The van der Waals surface area contributed by atoms with Crippen LogP contribution in [0.1, 0.15) is 24.6 Å². The van der Waals surface area contributed by atoms with Crippen molar-refractivity contribution in [1.82, 2.24) is 20.1 Å². The molecule has 1 fully saturated rings. The molecule has 0 radical (unpaired) electrons. The van der Waals surface area contributed by atoms with Crippen LogP contribution in [0, 0.1) is 5.92 Å². The number of aromatic nitrogens is 3. The van der Waals surface area contributed by atoms with E-state index in [-0.39, 0.29) is 24.3 Å². The number of carbonyl (C=O) groups excluding carboxylic acids is 1. The van der Waals surface area contributed by atoms with Gasteiger partial charge in [-0.3, -0.25) is 4.79 Å². The predicted molar refractivity (Wildman–Crippen MR) is 87.4 cm³/mol. The zero-order valence-corrected chi connectivity index (χ0v) is 13.6. The fourth-order valence-corrected chi connectivity index (χ4v) is 3.16. The van der Waals surface area contributed by atoms with Crippen LogP contribution in [0.25, 0.3) is 0 Å². The summed E-state index contributed by atoms with van der Waals surface area (Å²) in [5.74, 6) is 1.56. The number of benzene rings is 1. The van der Waals surface area contributed by atoms with Gasteiger partial charge in [-0.05, 0) is 25.0 Å². The van der Waals surface area contributed by atoms with Crippen molar-refractivity contribution in [2.45, 2.75) is 24.9 Å². The monoisotopic (exact) mass is 330 g/mol. The van der Waals surface area contributed by atoms with Crippen LogP contribution in [0.3, 0.4) is 0 Å². The number of rotatable bonds is 6. The summed E-state index contributed by atoms with van der Waals surface area (Å²) in [7, 11) is 1.90. The minimum absolute atomic E-state index is 0.0207. The van der Waals surface area contributed by atoms with Crippen molar-refractivity contribution in [2.75, 3.05) is 13.2 Å². The van der Waals surface area contributed by atoms with E-state index in [1.807, 2.05) is 29.8 Å². The molecule has 3 rings (SSSR count). The molecule has 1 amide bonds. The van der Waals surface area contributed by atoms with Crippen molar-refractivity contribution >= 4 is 5.91 Å². The highest BCUT2D eigenvalue weighted by molar-refractivity contribution is 5.77. The number of para-hydroxylation sites is 1. The Morgan fingerprint density at radius 3 is 2.88 bits per heavy atom. The first-order valence-corrected chi connectivity index (χ1v) is 8.10. The van der Waals surface area contributed by atoms with E-state index < -0.39 is 6.10 Å². The van der Waals surface area contributed by atoms with Gasteiger partial charge < -0.3 is 19.7 Å². The van der Waals surface area contributed by atoms with E-state index >= 15 is 0 Å². The molecule has 128 valence electrons. The fourth-order valence-electron chi connectivity index (χ4n) is 3.16. The van der Waals surface area contributed by atoms with Gasteiger partial charge >= 0.3 is 0 Å². The fraction of sp³-hybridized carbons (Fsp3) is 0.471. The maximum absolute atomic E-state index is 11.9. The van der Waals surface area contributed by atoms with Gasteiger partial charge in [0.05, 0.1) is 6.10 Å². The molecule has 24 heavy (non-hydrogen) atoms. The van der Waals surface area contributed by atoms with E-state index in [1.54, 1.807) is 18.5 Å². The summed E-state index contributed by atoms with van der Waals surface area (Å²) in [6.45, 7) is 0.409. The largest absolute Gasteiger partial charge is 0.484 e. The standard InChI is InChI=1S/C17H22N4O3/c1-21-11-19-20-17(21)12-7-13(15(22)8-12)9-18-16(23)10-24-14-5-3-2-4-6-14/h2-6,11-13,15,22H,7-10H2,1H3,(H,18,23)/t12-,13+,15+/m0/s1. The van der Waals surface area contributed by atoms with Gasteiger partial charge in [0.15, 0.2) is 6.61 Å². The van der Waals surface area contributed by atoms with Gasteiger partial charge in [-0.1, -0.05) is 18.2 Å². The second kappa shape index (κ2) is 7.44. The van der Waals surface area contributed by atoms with Gasteiger partial charge in [-0.15, -0.1) is 10.2 Å². The number of aliphatic hydroxyl groups is 1. The Bertz CT molecular complexity index is 673. The number of aliphatic hydroxyl groups excluding tert-OH is 1. The molecule has 0 spiro atoms. The van der Waals surface area contributed by atoms with Crippen LogP contribution in [-0.2, 0) is 11.8 Å². The Balaban J connectivity index is 1.44. The molecule has 0 bridgehead atoms. The molecule has 0 saturated heterocycles. The number of carbonyl (C=O) groups is 1. The summed E-state index contributed by atoms with van der Waals surface area (Å²) in [5.41, 5.74) is 0. The Kier molecular flexibility index (Phi) is 5.10. The van der Waals surface area contributed by atoms with Gasteiger partial charge in [0.1, 0.15) is 17.9 Å². The molecule has 2 aromatic rings. The number of nitrogens with one attached hydrogen (secondary N) is 1. The molecule has 0 aliphatic heterocycles. The van der Waals surface area contributed by atoms with Crippen LogP contribution in [0.4, 0.5) is 0 Å². The van der Waals surface area contributed by atoms with E-state index in [2.05, 4.69) is 15.5 Å². The van der Waals surface area contributed by atoms with Crippen molar-refractivity contribution in [3.05, 3.63) is 42.5 Å². The van der Waals surface area contributed by atoms with Crippen molar-refractivity contribution in [1.29, 1.82) is 0 Å². The molecule has 3 atom stereocenters. The van der Waals surface area contributed by atoms with Crippen molar-refractivity contribution in [3.8, 4) is 5.75 Å². The Hall–Kier alpha value is -2.41. The number of amides is 1. The number of nitrogens with zero attached hydrogens (tertiary/aromatic N) is 3. The third kappa shape index (κ3) is 3.91. The Morgan fingerprint density at radius 2 is 2.17 bits per heavy atom. The molecule has 7 nitrogen and oxygen atoms in total. The maximum Gasteiger partial charge on any atom is 0.257 e. The quantitative estimate of drug-likeness (QED) is 0.820. The first kappa shape index (κ1) is 16.4. The van der Waals surface area contributed by atoms with E-state index in [9.17, 15) is 9.90 Å². The SMILES string of the molecule is Cn1cnnc1[C@H]1C[C@H](CNC(=O)COc2ccccc2)[C@H](O)C1. The maximum atomic E-state index is 11.9. The van der Waals surface area contributed by atoms with Crippen molar-refractivity contribution in [3.63, 3.8) is 0 Å². The first-order valence-electron chi connectivity index (χ1n) is 8.10. The third-order valence-corrected chi connectivity index (χ3v) is 4.44. The minimum atomic E-state index is -0.443. The summed E-state index contributed by atoms with van der Waals surface area (Å²) in [6, 6.07) is 9.21. The number of hydrogen-bond donors (Lipinski definition) is 2. The van der Waals surface area contributed by atoms with Crippen LogP contribution in [0.5, 0.6) is 5.75 Å². The van der Waals surface area contributed by atoms with E-state index in [0.29, 0.717) is 18.7 Å². The number of aryl methyl sites for hydroxylation is 1. The second-order valence-corrected chi connectivity index (χ2v) is 6.20. The molecule has 2 N–H and O–H groups in total. The summed E-state index contributed by atoms with van der Waals surface area (Å²) in [6.07, 6.45) is 2.65. The number of hydrogen-bond acceptors (Lipinski definition) is 5. The van der Waals surface area contributed by atoms with Crippen LogP contribution < -0.4 is 10.1 Å². The van der Waals surface area contributed by atoms with Gasteiger partial charge in [-0.25, -0.2) is 0 Å². The molecule has 1 heterocycles. The predicted octanol–water partition coefficient (Wildman–Crippen LogP) is 0.865. The smallest absolute Gasteiger partial charge is 0.257 e. The van der Waals surface area contributed by atoms with Crippen LogP contribution in [0.2, 0.25) is 0 Å². The van der Waals surface area contributed by atoms with E-state index in [0.717, 1.165) is 12.2 Å². The van der Waals surface area contributed by atoms with Crippen LogP contribution in [0.15, 0.2) is 36.7 Å². The highest BCUT2D eigenvalue weighted by Crippen LogP contribution is 2.37. The summed E-state index contributed by atoms with van der Waals surface area (Å²) < 4.78 is 7.29. The van der Waals surface area contributed by atoms with Crippen LogP contribution >= 0.6 is 0 Å². The van der Waals surface area contributed by atoms with E-state index in [4.69, 9.17) is 4.74 Å². The summed E-state index contributed by atoms with van der Waals surface area (Å²) in [4.78, 5) is 11.9. The first-order chi connectivity index (χ1) is 11.6. The zero-order chi connectivity index (χ0) is 16.9. The highest BCUT2D eigenvalue weighted by atomic mass is 16.5. The van der Waals surface area contributed by atoms with Crippen molar-refractivity contribution in [2.24, 2.45) is 13.0 Å². The summed E-state index contributed by atoms with van der Waals surface area (Å²) in [5, 5.41) is 21.1. The normalized spacial score (nSPS) is 23.2. The van der Waals surface area contributed by atoms with Gasteiger partial charge in [-0.2, -0.15) is 0 Å². The lowest BCUT2D eigenvalue weighted by Gasteiger charge is -2.15. The lowest BCUT2D eigenvalue weighted by atomic mass is 10.0. The van der Waals surface area contributed by atoms with Gasteiger partial charge in [0.25, 0.3) is 5.91 Å². The van der Waals surface area contributed by atoms with Crippen LogP contribution in [-0.4, -0.2) is 45.0 Å². The molecule has 0 unspecified atom stereocenters. The second-order valence-electron chi connectivity index (χ2n) is 6.20. The molecule has 7 heteroatoms. The third-order valence-electron chi connectivity index (χ3n) is 4.44. The average Bonchev–Trinajstić information content (AvgIpc) is 3.17. The van der Waals surface area contributed by atoms with Gasteiger partial charge in [0, 0.05) is 25.4 Å². The van der Waals surface area contributed by atoms with Crippen molar-refractivity contribution < 1.29 is 14.6 Å². The summed E-state index contributed by atoms with van der Waals surface area (Å²) >= 11 is 0. The minimum Gasteiger partial charge on any atom is -0.484 e. The molecular formula is C17H22N4O3. The van der Waals surface area contributed by atoms with E-state index in [1.165, 1.54) is 0 Å². The Labute approximate surface area is 140 Å². The zero-order valence-electron chi connectivity index (χ0n) is 13.6. The molecule has 1 saturated carbocycles. The lowest BCUT2D eigenvalue weighted by Crippen LogP contribution is -2.35. The molecular weight excluding hydrogens is 308 g/mol. The molecule has 1 aromatic carbocycles. The molecule has 1 aromatic heterocycles. The molecule has 1 aliphatic rings. The molecule has 1 aliphatic carbocycles. The Morgan fingerprint density at radius 1 is 1.38 bits per heavy atom. The highest BCUT2D eigenvalue weighted by Gasteiger charge is 2.35. The topological polar surface area (TPSA) is 89.3 Å². The lowest BCUT2D eigenvalue weighted by molar-refractivity contribution is -0.123. The van der Waals surface area contributed by atoms with Gasteiger partial charge in [0.2, 0.25) is 0 Å². The number of ether oxygens (including phenoxy) is 1.